The highest BCUT2D eigenvalue weighted by Crippen LogP contribution is 2.06. The van der Waals surface area contributed by atoms with Crippen LogP contribution in [0.15, 0.2) is 24.3 Å². The van der Waals surface area contributed by atoms with Crippen molar-refractivity contribution in [1.82, 2.24) is 5.32 Å². The molecule has 0 bridgehead atoms. The fourth-order valence-corrected chi connectivity index (χ4v) is 2.01. The average Bonchev–Trinajstić information content (AvgIpc) is 2.45. The summed E-state index contributed by atoms with van der Waals surface area (Å²) in [5.41, 5.74) is 6.58. The summed E-state index contributed by atoms with van der Waals surface area (Å²) in [5.74, 6) is -0.389. The minimum absolute atomic E-state index is 0.0611. The van der Waals surface area contributed by atoms with Crippen LogP contribution in [0.1, 0.15) is 61.4 Å². The number of benzene rings is 1. The summed E-state index contributed by atoms with van der Waals surface area (Å²) in [4.78, 5) is 22.7. The number of primary amides is 1. The summed E-state index contributed by atoms with van der Waals surface area (Å²) < 4.78 is 0. The number of carbonyl (C=O) groups is 2. The molecular weight excluding hydrogens is 252 g/mol. The Morgan fingerprint density at radius 2 is 1.90 bits per heavy atom. The van der Waals surface area contributed by atoms with Crippen molar-refractivity contribution in [2.75, 3.05) is 0 Å². The van der Waals surface area contributed by atoms with Gasteiger partial charge in [-0.1, -0.05) is 44.7 Å². The topological polar surface area (TPSA) is 72.2 Å². The lowest BCUT2D eigenvalue weighted by Crippen LogP contribution is -2.22. The van der Waals surface area contributed by atoms with E-state index in [-0.39, 0.29) is 5.91 Å². The van der Waals surface area contributed by atoms with Crippen molar-refractivity contribution in [1.29, 1.82) is 0 Å². The van der Waals surface area contributed by atoms with Gasteiger partial charge in [-0.2, -0.15) is 0 Å². The van der Waals surface area contributed by atoms with Gasteiger partial charge < -0.3 is 11.1 Å². The summed E-state index contributed by atoms with van der Waals surface area (Å²) in [5, 5.41) is 2.86. The zero-order valence-corrected chi connectivity index (χ0v) is 12.2. The Hall–Kier alpha value is -1.84. The molecule has 0 aromatic heterocycles. The van der Waals surface area contributed by atoms with Crippen LogP contribution in [0, 0.1) is 0 Å². The summed E-state index contributed by atoms with van der Waals surface area (Å²) in [6, 6.07) is 7.02. The lowest BCUT2D eigenvalue weighted by molar-refractivity contribution is -0.121. The fraction of sp³-hybridized carbons (Fsp3) is 0.500. The summed E-state index contributed by atoms with van der Waals surface area (Å²) in [6.07, 6.45) is 6.26. The molecule has 1 rings (SSSR count). The molecule has 0 unspecified atom stereocenters. The number of carbonyl (C=O) groups excluding carboxylic acids is 2. The average molecular weight is 276 g/mol. The van der Waals surface area contributed by atoms with Gasteiger partial charge in [-0.15, -0.1) is 0 Å². The molecule has 0 heterocycles. The van der Waals surface area contributed by atoms with Gasteiger partial charge in [-0.25, -0.2) is 0 Å². The van der Waals surface area contributed by atoms with Crippen LogP contribution in [0.5, 0.6) is 0 Å². The Bertz CT molecular complexity index is 444. The van der Waals surface area contributed by atoms with Crippen molar-refractivity contribution >= 4 is 11.8 Å². The summed E-state index contributed by atoms with van der Waals surface area (Å²) in [7, 11) is 0. The maximum absolute atomic E-state index is 11.7. The van der Waals surface area contributed by atoms with Crippen LogP contribution >= 0.6 is 0 Å². The van der Waals surface area contributed by atoms with Crippen molar-refractivity contribution in [2.24, 2.45) is 5.73 Å². The number of amides is 2. The number of hydrogen-bond donors (Lipinski definition) is 2. The third-order valence-electron chi connectivity index (χ3n) is 3.21. The van der Waals surface area contributed by atoms with E-state index in [1.54, 1.807) is 18.2 Å². The van der Waals surface area contributed by atoms with Crippen LogP contribution in [0.2, 0.25) is 0 Å². The first kappa shape index (κ1) is 16.2. The molecule has 0 saturated heterocycles. The predicted molar refractivity (Wildman–Crippen MR) is 80.2 cm³/mol. The second kappa shape index (κ2) is 9.13. The highest BCUT2D eigenvalue weighted by molar-refractivity contribution is 5.92. The SMILES string of the molecule is CCCCCCCC(=O)NCc1cccc(C(N)=O)c1. The highest BCUT2D eigenvalue weighted by atomic mass is 16.1. The number of unbranched alkanes of at least 4 members (excludes halogenated alkanes) is 4. The van der Waals surface area contributed by atoms with Crippen LogP contribution in [0.25, 0.3) is 0 Å². The van der Waals surface area contributed by atoms with Gasteiger partial charge in [0, 0.05) is 18.5 Å². The van der Waals surface area contributed by atoms with E-state index in [0.717, 1.165) is 18.4 Å². The molecule has 4 heteroatoms. The molecule has 0 aliphatic rings. The van der Waals surface area contributed by atoms with E-state index in [0.29, 0.717) is 18.5 Å². The Balaban J connectivity index is 2.27. The molecule has 0 saturated carbocycles. The standard InChI is InChI=1S/C16H24N2O2/c1-2-3-4-5-6-10-15(19)18-12-13-8-7-9-14(11-13)16(17)20/h7-9,11H,2-6,10,12H2,1H3,(H2,17,20)(H,18,19). The van der Waals surface area contributed by atoms with Crippen LogP contribution in [-0.4, -0.2) is 11.8 Å². The van der Waals surface area contributed by atoms with Gasteiger partial charge in [0.15, 0.2) is 0 Å². The van der Waals surface area contributed by atoms with Crippen molar-refractivity contribution in [3.05, 3.63) is 35.4 Å². The fourth-order valence-electron chi connectivity index (χ4n) is 2.01. The van der Waals surface area contributed by atoms with Crippen molar-refractivity contribution in [3.8, 4) is 0 Å². The molecule has 0 radical (unpaired) electrons. The number of hydrogen-bond acceptors (Lipinski definition) is 2. The number of nitrogens with one attached hydrogen (secondary N) is 1. The van der Waals surface area contributed by atoms with Gasteiger partial charge in [0.25, 0.3) is 0 Å². The maximum Gasteiger partial charge on any atom is 0.248 e. The summed E-state index contributed by atoms with van der Waals surface area (Å²) in [6.45, 7) is 2.61. The first-order valence-electron chi connectivity index (χ1n) is 7.29. The molecule has 0 aliphatic carbocycles. The van der Waals surface area contributed by atoms with Gasteiger partial charge in [0.1, 0.15) is 0 Å². The van der Waals surface area contributed by atoms with E-state index in [1.807, 2.05) is 6.07 Å². The Labute approximate surface area is 120 Å². The Morgan fingerprint density at radius 3 is 2.60 bits per heavy atom. The molecule has 2 amide bonds. The van der Waals surface area contributed by atoms with Crippen LogP contribution in [-0.2, 0) is 11.3 Å². The normalized spacial score (nSPS) is 10.2. The van der Waals surface area contributed by atoms with Gasteiger partial charge in [0.2, 0.25) is 11.8 Å². The van der Waals surface area contributed by atoms with E-state index >= 15 is 0 Å². The quantitative estimate of drug-likeness (QED) is 0.681. The van der Waals surface area contributed by atoms with E-state index in [2.05, 4.69) is 12.2 Å². The van der Waals surface area contributed by atoms with Crippen molar-refractivity contribution < 1.29 is 9.59 Å². The molecule has 4 nitrogen and oxygen atoms in total. The lowest BCUT2D eigenvalue weighted by Gasteiger charge is -2.06. The molecule has 0 spiro atoms. The maximum atomic E-state index is 11.7. The monoisotopic (exact) mass is 276 g/mol. The van der Waals surface area contributed by atoms with Gasteiger partial charge in [-0.05, 0) is 24.1 Å². The van der Waals surface area contributed by atoms with Crippen LogP contribution in [0.3, 0.4) is 0 Å². The minimum Gasteiger partial charge on any atom is -0.366 e. The lowest BCUT2D eigenvalue weighted by atomic mass is 10.1. The Kier molecular flexibility index (Phi) is 7.40. The second-order valence-electron chi connectivity index (χ2n) is 5.01. The third kappa shape index (κ3) is 6.36. The molecule has 20 heavy (non-hydrogen) atoms. The van der Waals surface area contributed by atoms with E-state index in [9.17, 15) is 9.59 Å². The zero-order valence-electron chi connectivity index (χ0n) is 12.2. The van der Waals surface area contributed by atoms with Crippen LogP contribution < -0.4 is 11.1 Å². The first-order valence-corrected chi connectivity index (χ1v) is 7.29. The zero-order chi connectivity index (χ0) is 14.8. The highest BCUT2D eigenvalue weighted by Gasteiger charge is 2.04. The largest absolute Gasteiger partial charge is 0.366 e. The molecule has 1 aromatic carbocycles. The molecule has 110 valence electrons. The van der Waals surface area contributed by atoms with Gasteiger partial charge in [-0.3, -0.25) is 9.59 Å². The summed E-state index contributed by atoms with van der Waals surface area (Å²) >= 11 is 0. The van der Waals surface area contributed by atoms with Crippen LogP contribution in [0.4, 0.5) is 0 Å². The Morgan fingerprint density at radius 1 is 1.15 bits per heavy atom. The van der Waals surface area contributed by atoms with Crippen molar-refractivity contribution in [2.45, 2.75) is 52.0 Å². The predicted octanol–water partition coefficient (Wildman–Crippen LogP) is 2.76. The molecule has 1 aromatic rings. The first-order chi connectivity index (χ1) is 9.63. The molecule has 3 N–H and O–H groups in total. The van der Waals surface area contributed by atoms with Gasteiger partial charge in [0.05, 0.1) is 0 Å². The minimum atomic E-state index is -0.450. The van der Waals surface area contributed by atoms with Gasteiger partial charge >= 0.3 is 0 Å². The van der Waals surface area contributed by atoms with E-state index < -0.39 is 5.91 Å². The third-order valence-corrected chi connectivity index (χ3v) is 3.21. The number of rotatable bonds is 9. The second-order valence-corrected chi connectivity index (χ2v) is 5.01. The smallest absolute Gasteiger partial charge is 0.248 e. The molecule has 0 aliphatic heterocycles. The molecule has 0 fully saturated rings. The molecule has 0 atom stereocenters. The van der Waals surface area contributed by atoms with Crippen molar-refractivity contribution in [3.63, 3.8) is 0 Å². The van der Waals surface area contributed by atoms with E-state index in [4.69, 9.17) is 5.73 Å². The number of nitrogens with two attached hydrogens (primary N) is 1. The molecular formula is C16H24N2O2. The van der Waals surface area contributed by atoms with E-state index in [1.165, 1.54) is 19.3 Å².